The summed E-state index contributed by atoms with van der Waals surface area (Å²) in [6.45, 7) is 9.07. The number of rotatable bonds is 7. The molecule has 1 rings (SSSR count). The van der Waals surface area contributed by atoms with E-state index in [2.05, 4.69) is 50.4 Å². The van der Waals surface area contributed by atoms with E-state index in [1.54, 1.807) is 0 Å². The van der Waals surface area contributed by atoms with Gasteiger partial charge in [0.1, 0.15) is 0 Å². The lowest BCUT2D eigenvalue weighted by Crippen LogP contribution is -2.56. The van der Waals surface area contributed by atoms with Crippen LogP contribution >= 0.6 is 0 Å². The van der Waals surface area contributed by atoms with Crippen LogP contribution in [0.5, 0.6) is 0 Å². The highest BCUT2D eigenvalue weighted by atomic mass is 16.2. The van der Waals surface area contributed by atoms with Crippen molar-refractivity contribution in [1.29, 1.82) is 0 Å². The molecule has 1 aliphatic rings. The summed E-state index contributed by atoms with van der Waals surface area (Å²) in [6.07, 6.45) is 5.98. The maximum atomic E-state index is 12.2. The second-order valence-corrected chi connectivity index (χ2v) is 7.16. The normalized spacial score (nSPS) is 20.1. The first kappa shape index (κ1) is 17.4. The summed E-state index contributed by atoms with van der Waals surface area (Å²) in [5.41, 5.74) is 0.106. The fraction of sp³-hybridized carbons (Fsp3) is 0.938. The van der Waals surface area contributed by atoms with Crippen LogP contribution < -0.4 is 10.6 Å². The summed E-state index contributed by atoms with van der Waals surface area (Å²) >= 11 is 0. The van der Waals surface area contributed by atoms with Crippen LogP contribution in [0.15, 0.2) is 0 Å². The number of amides is 1. The third-order valence-corrected chi connectivity index (χ3v) is 4.96. The largest absolute Gasteiger partial charge is 0.350 e. The molecule has 20 heavy (non-hydrogen) atoms. The summed E-state index contributed by atoms with van der Waals surface area (Å²) in [6, 6.07) is -0.141. The molecule has 1 unspecified atom stereocenters. The first-order valence-electron chi connectivity index (χ1n) is 7.95. The molecule has 1 aliphatic carbocycles. The Labute approximate surface area is 124 Å². The van der Waals surface area contributed by atoms with Crippen LogP contribution in [-0.4, -0.2) is 48.6 Å². The summed E-state index contributed by atoms with van der Waals surface area (Å²) in [5.74, 6) is 0.101. The third kappa shape index (κ3) is 4.45. The molecule has 2 N–H and O–H groups in total. The number of hydrogen-bond acceptors (Lipinski definition) is 3. The SMILES string of the molecule is CCC(C)(C)NC(=O)C(C)NCC1(N(C)C)CCCC1. The molecule has 118 valence electrons. The van der Waals surface area contributed by atoms with Gasteiger partial charge in [-0.3, -0.25) is 4.79 Å². The molecular weight excluding hydrogens is 250 g/mol. The Morgan fingerprint density at radius 3 is 2.30 bits per heavy atom. The van der Waals surface area contributed by atoms with Gasteiger partial charge >= 0.3 is 0 Å². The van der Waals surface area contributed by atoms with Crippen LogP contribution in [-0.2, 0) is 4.79 Å². The quantitative estimate of drug-likeness (QED) is 0.752. The minimum absolute atomic E-state index is 0.101. The lowest BCUT2D eigenvalue weighted by Gasteiger charge is -2.37. The number of carbonyl (C=O) groups excluding carboxylic acids is 1. The molecule has 0 heterocycles. The van der Waals surface area contributed by atoms with Gasteiger partial charge in [-0.1, -0.05) is 19.8 Å². The lowest BCUT2D eigenvalue weighted by atomic mass is 9.95. The number of hydrogen-bond donors (Lipinski definition) is 2. The molecule has 0 radical (unpaired) electrons. The fourth-order valence-electron chi connectivity index (χ4n) is 2.78. The maximum Gasteiger partial charge on any atom is 0.237 e. The molecule has 0 aliphatic heterocycles. The molecule has 0 spiro atoms. The zero-order chi connectivity index (χ0) is 15.4. The Kier molecular flexibility index (Phi) is 6.02. The molecule has 4 nitrogen and oxygen atoms in total. The van der Waals surface area contributed by atoms with E-state index in [0.29, 0.717) is 0 Å². The highest BCUT2D eigenvalue weighted by Crippen LogP contribution is 2.33. The third-order valence-electron chi connectivity index (χ3n) is 4.96. The molecule has 4 heteroatoms. The highest BCUT2D eigenvalue weighted by molar-refractivity contribution is 5.81. The van der Waals surface area contributed by atoms with Gasteiger partial charge in [0.05, 0.1) is 6.04 Å². The van der Waals surface area contributed by atoms with Crippen molar-refractivity contribution in [3.05, 3.63) is 0 Å². The van der Waals surface area contributed by atoms with Crippen molar-refractivity contribution < 1.29 is 4.79 Å². The van der Waals surface area contributed by atoms with E-state index >= 15 is 0 Å². The Bertz CT molecular complexity index is 320. The topological polar surface area (TPSA) is 44.4 Å². The van der Waals surface area contributed by atoms with Crippen molar-refractivity contribution in [2.75, 3.05) is 20.6 Å². The number of carbonyl (C=O) groups is 1. The Hall–Kier alpha value is -0.610. The molecule has 1 fully saturated rings. The van der Waals surface area contributed by atoms with Crippen molar-refractivity contribution in [2.45, 2.75) is 76.9 Å². The molecule has 0 bridgehead atoms. The van der Waals surface area contributed by atoms with Gasteiger partial charge in [-0.05, 0) is 54.1 Å². The minimum atomic E-state index is -0.141. The second-order valence-electron chi connectivity index (χ2n) is 7.16. The molecule has 0 aromatic heterocycles. The van der Waals surface area contributed by atoms with E-state index in [9.17, 15) is 4.79 Å². The van der Waals surface area contributed by atoms with Gasteiger partial charge in [0.15, 0.2) is 0 Å². The molecule has 1 atom stereocenters. The molecule has 0 saturated heterocycles. The molecule has 0 aromatic rings. The van der Waals surface area contributed by atoms with Crippen molar-refractivity contribution in [1.82, 2.24) is 15.5 Å². The van der Waals surface area contributed by atoms with Crippen molar-refractivity contribution in [3.63, 3.8) is 0 Å². The van der Waals surface area contributed by atoms with Gasteiger partial charge in [0.2, 0.25) is 5.91 Å². The van der Waals surface area contributed by atoms with Gasteiger partial charge in [0, 0.05) is 17.6 Å². The van der Waals surface area contributed by atoms with E-state index in [1.165, 1.54) is 25.7 Å². The highest BCUT2D eigenvalue weighted by Gasteiger charge is 2.36. The van der Waals surface area contributed by atoms with Crippen LogP contribution in [0.2, 0.25) is 0 Å². The van der Waals surface area contributed by atoms with Crippen LogP contribution in [0.1, 0.15) is 59.8 Å². The number of likely N-dealkylation sites (N-methyl/N-ethyl adjacent to an activating group) is 1. The Balaban J connectivity index is 2.50. The monoisotopic (exact) mass is 283 g/mol. The van der Waals surface area contributed by atoms with Crippen molar-refractivity contribution >= 4 is 5.91 Å². The summed E-state index contributed by atoms with van der Waals surface area (Å²) in [5, 5.41) is 6.55. The number of nitrogens with one attached hydrogen (secondary N) is 2. The van der Waals surface area contributed by atoms with Gasteiger partial charge in [-0.15, -0.1) is 0 Å². The zero-order valence-electron chi connectivity index (χ0n) is 14.2. The predicted octanol–water partition coefficient (Wildman–Crippen LogP) is 2.14. The summed E-state index contributed by atoms with van der Waals surface area (Å²) in [7, 11) is 4.30. The van der Waals surface area contributed by atoms with Crippen molar-refractivity contribution in [2.24, 2.45) is 0 Å². The van der Waals surface area contributed by atoms with Crippen LogP contribution in [0.3, 0.4) is 0 Å². The average Bonchev–Trinajstić information content (AvgIpc) is 2.85. The maximum absolute atomic E-state index is 12.2. The number of nitrogens with zero attached hydrogens (tertiary/aromatic N) is 1. The Morgan fingerprint density at radius 2 is 1.85 bits per heavy atom. The van der Waals surface area contributed by atoms with E-state index in [4.69, 9.17) is 0 Å². The van der Waals surface area contributed by atoms with Gasteiger partial charge in [-0.2, -0.15) is 0 Å². The van der Waals surface area contributed by atoms with Crippen molar-refractivity contribution in [3.8, 4) is 0 Å². The lowest BCUT2D eigenvalue weighted by molar-refractivity contribution is -0.124. The van der Waals surface area contributed by atoms with Crippen LogP contribution in [0.25, 0.3) is 0 Å². The minimum Gasteiger partial charge on any atom is -0.350 e. The summed E-state index contributed by atoms with van der Waals surface area (Å²) in [4.78, 5) is 14.5. The van der Waals surface area contributed by atoms with Gasteiger partial charge < -0.3 is 15.5 Å². The van der Waals surface area contributed by atoms with Gasteiger partial charge in [0.25, 0.3) is 0 Å². The fourth-order valence-corrected chi connectivity index (χ4v) is 2.78. The first-order chi connectivity index (χ1) is 9.22. The van der Waals surface area contributed by atoms with E-state index in [0.717, 1.165) is 13.0 Å². The molecule has 1 amide bonds. The van der Waals surface area contributed by atoms with E-state index in [-0.39, 0.29) is 23.0 Å². The standard InChI is InChI=1S/C16H33N3O/c1-7-15(3,4)18-14(20)13(2)17-12-16(19(5)6)10-8-9-11-16/h13,17H,7-12H2,1-6H3,(H,18,20). The second kappa shape index (κ2) is 6.90. The first-order valence-corrected chi connectivity index (χ1v) is 7.95. The summed E-state index contributed by atoms with van der Waals surface area (Å²) < 4.78 is 0. The Morgan fingerprint density at radius 1 is 1.30 bits per heavy atom. The van der Waals surface area contributed by atoms with Gasteiger partial charge in [-0.25, -0.2) is 0 Å². The van der Waals surface area contributed by atoms with Crippen LogP contribution in [0.4, 0.5) is 0 Å². The van der Waals surface area contributed by atoms with E-state index in [1.807, 2.05) is 6.92 Å². The molecular formula is C16H33N3O. The smallest absolute Gasteiger partial charge is 0.237 e. The average molecular weight is 283 g/mol. The molecule has 1 saturated carbocycles. The molecule has 0 aromatic carbocycles. The predicted molar refractivity (Wildman–Crippen MR) is 84.9 cm³/mol. The van der Waals surface area contributed by atoms with E-state index < -0.39 is 0 Å². The van der Waals surface area contributed by atoms with Crippen LogP contribution in [0, 0.1) is 0 Å². The zero-order valence-corrected chi connectivity index (χ0v) is 14.2.